The number of aromatic nitrogens is 1. The summed E-state index contributed by atoms with van der Waals surface area (Å²) in [4.78, 5) is 14.9. The van der Waals surface area contributed by atoms with E-state index in [1.54, 1.807) is 0 Å². The van der Waals surface area contributed by atoms with E-state index in [-0.39, 0.29) is 31.0 Å². The number of carbonyl (C=O) groups is 1. The van der Waals surface area contributed by atoms with Crippen molar-refractivity contribution < 1.29 is 32.2 Å². The molecule has 134 valence electrons. The number of nitrogens with zero attached hydrogens (tertiary/aromatic N) is 1. The van der Waals surface area contributed by atoms with Crippen molar-refractivity contribution >= 4 is 5.97 Å². The molecule has 24 heavy (non-hydrogen) atoms. The highest BCUT2D eigenvalue weighted by molar-refractivity contribution is 5.69. The molecule has 0 radical (unpaired) electrons. The second-order valence-electron chi connectivity index (χ2n) is 5.60. The Hall–Kier alpha value is -1.83. The Balaban J connectivity index is 2.13. The van der Waals surface area contributed by atoms with Crippen molar-refractivity contribution in [3.63, 3.8) is 0 Å². The lowest BCUT2D eigenvalue weighted by Crippen LogP contribution is -2.20. The molecule has 2 atom stereocenters. The van der Waals surface area contributed by atoms with Crippen LogP contribution in [-0.2, 0) is 20.4 Å². The number of alkyl halides is 3. The van der Waals surface area contributed by atoms with Crippen molar-refractivity contribution in [3.05, 3.63) is 23.4 Å². The number of esters is 1. The number of hydrogen-bond acceptors (Lipinski definition) is 5. The van der Waals surface area contributed by atoms with Gasteiger partial charge in [0.1, 0.15) is 5.56 Å². The monoisotopic (exact) mass is 347 g/mol. The van der Waals surface area contributed by atoms with Crippen LogP contribution in [0.15, 0.2) is 12.3 Å². The Morgan fingerprint density at radius 2 is 2.08 bits per heavy atom. The maximum Gasteiger partial charge on any atom is 0.421 e. The molecular formula is C16H20F3NO4. The molecule has 0 saturated heterocycles. The normalized spacial score (nSPS) is 20.9. The summed E-state index contributed by atoms with van der Waals surface area (Å²) < 4.78 is 54.3. The summed E-state index contributed by atoms with van der Waals surface area (Å²) in [5, 5.41) is 0. The van der Waals surface area contributed by atoms with E-state index in [4.69, 9.17) is 9.47 Å². The van der Waals surface area contributed by atoms with Gasteiger partial charge in [-0.3, -0.25) is 4.79 Å². The predicted octanol–water partition coefficient (Wildman–Crippen LogP) is 3.32. The molecule has 1 aliphatic carbocycles. The van der Waals surface area contributed by atoms with E-state index in [0.29, 0.717) is 12.0 Å². The second kappa shape index (κ2) is 7.83. The Morgan fingerprint density at radius 1 is 1.33 bits per heavy atom. The Labute approximate surface area is 138 Å². The van der Waals surface area contributed by atoms with E-state index in [2.05, 4.69) is 9.72 Å². The summed E-state index contributed by atoms with van der Waals surface area (Å²) in [5.74, 6) is -0.996. The highest BCUT2D eigenvalue weighted by Crippen LogP contribution is 2.41. The summed E-state index contributed by atoms with van der Waals surface area (Å²) in [6, 6.07) is 1.08. The van der Waals surface area contributed by atoms with Crippen LogP contribution in [-0.4, -0.2) is 37.9 Å². The first-order valence-corrected chi connectivity index (χ1v) is 7.66. The van der Waals surface area contributed by atoms with E-state index in [1.807, 2.05) is 0 Å². The molecule has 0 spiro atoms. The molecule has 1 heterocycles. The lowest BCUT2D eigenvalue weighted by molar-refractivity contribution is -0.142. The van der Waals surface area contributed by atoms with Gasteiger partial charge in [-0.2, -0.15) is 13.2 Å². The molecule has 5 nitrogen and oxygen atoms in total. The summed E-state index contributed by atoms with van der Waals surface area (Å²) in [5.41, 5.74) is -0.411. The molecule has 0 N–H and O–H groups in total. The van der Waals surface area contributed by atoms with Crippen LogP contribution in [0.5, 0.6) is 5.88 Å². The number of pyridine rings is 1. The van der Waals surface area contributed by atoms with Gasteiger partial charge in [-0.05, 0) is 24.5 Å². The molecule has 1 saturated carbocycles. The van der Waals surface area contributed by atoms with Gasteiger partial charge < -0.3 is 14.2 Å². The standard InChI is InChI=1S/C16H20F3NO4/c1-22-14(21)6-7-24-13-5-3-4-11(13)10-8-12(16(17,18)19)15(23-2)20-9-10/h8-9,11,13H,3-7H2,1-2H3/t11-,13+/m1/s1. The lowest BCUT2D eigenvalue weighted by atomic mass is 9.96. The van der Waals surface area contributed by atoms with Crippen LogP contribution in [0.4, 0.5) is 13.2 Å². The van der Waals surface area contributed by atoms with E-state index in [0.717, 1.165) is 26.0 Å². The van der Waals surface area contributed by atoms with Crippen molar-refractivity contribution in [1.82, 2.24) is 4.98 Å². The van der Waals surface area contributed by atoms with Crippen molar-refractivity contribution in [2.45, 2.75) is 43.9 Å². The smallest absolute Gasteiger partial charge is 0.421 e. The first kappa shape index (κ1) is 18.5. The molecule has 0 aromatic carbocycles. The van der Waals surface area contributed by atoms with Crippen LogP contribution in [0.2, 0.25) is 0 Å². The van der Waals surface area contributed by atoms with E-state index < -0.39 is 17.6 Å². The minimum Gasteiger partial charge on any atom is -0.481 e. The third-order valence-electron chi connectivity index (χ3n) is 4.12. The number of methoxy groups -OCH3 is 2. The summed E-state index contributed by atoms with van der Waals surface area (Å²) >= 11 is 0. The van der Waals surface area contributed by atoms with E-state index >= 15 is 0 Å². The van der Waals surface area contributed by atoms with Gasteiger partial charge >= 0.3 is 12.1 Å². The molecule has 0 bridgehead atoms. The van der Waals surface area contributed by atoms with Gasteiger partial charge in [0.05, 0.1) is 33.4 Å². The van der Waals surface area contributed by atoms with Gasteiger partial charge in [0.15, 0.2) is 0 Å². The number of carbonyl (C=O) groups excluding carboxylic acids is 1. The maximum atomic E-state index is 13.1. The van der Waals surface area contributed by atoms with Gasteiger partial charge in [-0.15, -0.1) is 0 Å². The highest BCUT2D eigenvalue weighted by Gasteiger charge is 2.37. The largest absolute Gasteiger partial charge is 0.481 e. The van der Waals surface area contributed by atoms with E-state index in [9.17, 15) is 18.0 Å². The third-order valence-corrected chi connectivity index (χ3v) is 4.12. The van der Waals surface area contributed by atoms with Crippen molar-refractivity contribution in [1.29, 1.82) is 0 Å². The lowest BCUT2D eigenvalue weighted by Gasteiger charge is -2.21. The maximum absolute atomic E-state index is 13.1. The minimum atomic E-state index is -4.53. The molecule has 0 unspecified atom stereocenters. The fourth-order valence-electron chi connectivity index (χ4n) is 2.94. The molecule has 1 aliphatic rings. The van der Waals surface area contributed by atoms with Gasteiger partial charge in [0, 0.05) is 12.1 Å². The van der Waals surface area contributed by atoms with Crippen LogP contribution >= 0.6 is 0 Å². The number of rotatable bonds is 6. The van der Waals surface area contributed by atoms with Gasteiger partial charge in [0.25, 0.3) is 0 Å². The van der Waals surface area contributed by atoms with Crippen LogP contribution in [0.25, 0.3) is 0 Å². The molecule has 0 aliphatic heterocycles. The van der Waals surface area contributed by atoms with E-state index in [1.165, 1.54) is 13.3 Å². The highest BCUT2D eigenvalue weighted by atomic mass is 19.4. The average Bonchev–Trinajstić information content (AvgIpc) is 3.01. The quantitative estimate of drug-likeness (QED) is 0.739. The number of ether oxygens (including phenoxy) is 3. The Kier molecular flexibility index (Phi) is 6.04. The molecule has 0 amide bonds. The minimum absolute atomic E-state index is 0.119. The van der Waals surface area contributed by atoms with Gasteiger partial charge in [-0.1, -0.05) is 6.42 Å². The van der Waals surface area contributed by atoms with Crippen molar-refractivity contribution in [3.8, 4) is 5.88 Å². The summed E-state index contributed by atoms with van der Waals surface area (Å²) in [6.07, 6.45) is -0.941. The zero-order valence-electron chi connectivity index (χ0n) is 13.6. The van der Waals surface area contributed by atoms with Crippen molar-refractivity contribution in [2.24, 2.45) is 0 Å². The molecule has 2 rings (SSSR count). The first-order valence-electron chi connectivity index (χ1n) is 7.66. The SMILES string of the molecule is COC(=O)CCO[C@H]1CCC[C@@H]1c1cnc(OC)c(C(F)(F)F)c1. The van der Waals surface area contributed by atoms with Gasteiger partial charge in [0.2, 0.25) is 5.88 Å². The van der Waals surface area contributed by atoms with Crippen LogP contribution in [0.1, 0.15) is 42.7 Å². The Bertz CT molecular complexity index is 577. The number of halogens is 3. The van der Waals surface area contributed by atoms with Crippen molar-refractivity contribution in [2.75, 3.05) is 20.8 Å². The first-order chi connectivity index (χ1) is 11.4. The second-order valence-corrected chi connectivity index (χ2v) is 5.60. The topological polar surface area (TPSA) is 57.7 Å². The number of hydrogen-bond donors (Lipinski definition) is 0. The predicted molar refractivity (Wildman–Crippen MR) is 78.8 cm³/mol. The van der Waals surface area contributed by atoms with Crippen LogP contribution in [0, 0.1) is 0 Å². The van der Waals surface area contributed by atoms with Crippen LogP contribution in [0.3, 0.4) is 0 Å². The summed E-state index contributed by atoms with van der Waals surface area (Å²) in [6.45, 7) is 0.184. The summed E-state index contributed by atoms with van der Waals surface area (Å²) in [7, 11) is 2.45. The molecule has 1 aromatic heterocycles. The fourth-order valence-corrected chi connectivity index (χ4v) is 2.94. The molecule has 8 heteroatoms. The Morgan fingerprint density at radius 3 is 2.71 bits per heavy atom. The molecule has 1 fully saturated rings. The fraction of sp³-hybridized carbons (Fsp3) is 0.625. The third kappa shape index (κ3) is 4.37. The van der Waals surface area contributed by atoms with Crippen LogP contribution < -0.4 is 4.74 Å². The molecule has 1 aromatic rings. The average molecular weight is 347 g/mol. The van der Waals surface area contributed by atoms with Gasteiger partial charge in [-0.25, -0.2) is 4.98 Å². The zero-order chi connectivity index (χ0) is 17.7. The zero-order valence-corrected chi connectivity index (χ0v) is 13.6. The molecular weight excluding hydrogens is 327 g/mol.